The largest absolute Gasteiger partial charge is 0.482 e. The van der Waals surface area contributed by atoms with Crippen LogP contribution < -0.4 is 10.1 Å². The summed E-state index contributed by atoms with van der Waals surface area (Å²) in [4.78, 5) is 11.6. The molecule has 0 aliphatic rings. The van der Waals surface area contributed by atoms with Crippen LogP contribution in [0.1, 0.15) is 5.56 Å². The van der Waals surface area contributed by atoms with E-state index in [2.05, 4.69) is 5.32 Å². The van der Waals surface area contributed by atoms with Crippen LogP contribution in [0.15, 0.2) is 42.5 Å². The molecule has 0 saturated carbocycles. The van der Waals surface area contributed by atoms with E-state index < -0.39 is 5.82 Å². The van der Waals surface area contributed by atoms with E-state index in [0.717, 1.165) is 11.6 Å². The summed E-state index contributed by atoms with van der Waals surface area (Å²) < 4.78 is 31.0. The number of benzene rings is 2. The lowest BCUT2D eigenvalue weighted by atomic mass is 10.1. The summed E-state index contributed by atoms with van der Waals surface area (Å²) in [5.74, 6) is -0.879. The van der Waals surface area contributed by atoms with Gasteiger partial charge in [0.05, 0.1) is 5.02 Å². The van der Waals surface area contributed by atoms with Crippen molar-refractivity contribution in [3.8, 4) is 5.75 Å². The smallest absolute Gasteiger partial charge is 0.257 e. The first-order valence-corrected chi connectivity index (χ1v) is 7.01. The van der Waals surface area contributed by atoms with Gasteiger partial charge in [-0.05, 0) is 42.3 Å². The molecule has 0 aliphatic heterocycles. The minimum atomic E-state index is -0.475. The predicted molar refractivity (Wildman–Crippen MR) is 80.0 cm³/mol. The number of rotatable bonds is 6. The molecule has 0 spiro atoms. The van der Waals surface area contributed by atoms with Gasteiger partial charge >= 0.3 is 0 Å². The normalized spacial score (nSPS) is 10.3. The molecule has 0 heterocycles. The second-order valence-electron chi connectivity index (χ2n) is 4.59. The molecule has 0 aliphatic carbocycles. The number of hydrogen-bond donors (Lipinski definition) is 1. The molecule has 6 heteroatoms. The lowest BCUT2D eigenvalue weighted by Crippen LogP contribution is -2.30. The predicted octanol–water partition coefficient (Wildman–Crippen LogP) is 3.36. The molecule has 0 unspecified atom stereocenters. The molecular formula is C16H14ClF2NO2. The maximum Gasteiger partial charge on any atom is 0.257 e. The summed E-state index contributed by atoms with van der Waals surface area (Å²) in [5.41, 5.74) is 0.794. The van der Waals surface area contributed by atoms with Crippen LogP contribution in [0.3, 0.4) is 0 Å². The Hall–Kier alpha value is -2.14. The lowest BCUT2D eigenvalue weighted by molar-refractivity contribution is -0.123. The van der Waals surface area contributed by atoms with Crippen molar-refractivity contribution in [3.63, 3.8) is 0 Å². The van der Waals surface area contributed by atoms with Crippen LogP contribution in [0.4, 0.5) is 8.78 Å². The zero-order chi connectivity index (χ0) is 15.9. The summed E-state index contributed by atoms with van der Waals surface area (Å²) in [7, 11) is 0. The minimum Gasteiger partial charge on any atom is -0.482 e. The van der Waals surface area contributed by atoms with Gasteiger partial charge in [-0.15, -0.1) is 0 Å². The van der Waals surface area contributed by atoms with Crippen molar-refractivity contribution in [2.24, 2.45) is 0 Å². The molecule has 0 saturated heterocycles. The maximum absolute atomic E-state index is 13.0. The van der Waals surface area contributed by atoms with Gasteiger partial charge in [0.25, 0.3) is 5.91 Å². The van der Waals surface area contributed by atoms with Crippen molar-refractivity contribution in [1.82, 2.24) is 5.32 Å². The highest BCUT2D eigenvalue weighted by Crippen LogP contribution is 2.24. The molecule has 0 fully saturated rings. The third kappa shape index (κ3) is 5.00. The van der Waals surface area contributed by atoms with E-state index >= 15 is 0 Å². The van der Waals surface area contributed by atoms with E-state index in [-0.39, 0.29) is 29.1 Å². The summed E-state index contributed by atoms with van der Waals surface area (Å²) in [6.07, 6.45) is 0.515. The van der Waals surface area contributed by atoms with Crippen LogP contribution in [0, 0.1) is 11.6 Å². The van der Waals surface area contributed by atoms with Crippen LogP contribution in [-0.4, -0.2) is 19.1 Å². The van der Waals surface area contributed by atoms with Gasteiger partial charge in [0.1, 0.15) is 17.4 Å². The SMILES string of the molecule is O=C(COc1ccc(F)cc1Cl)NCCc1cccc(F)c1. The number of hydrogen-bond acceptors (Lipinski definition) is 2. The molecule has 3 nitrogen and oxygen atoms in total. The molecular weight excluding hydrogens is 312 g/mol. The fourth-order valence-electron chi connectivity index (χ4n) is 1.83. The molecule has 0 radical (unpaired) electrons. The highest BCUT2D eigenvalue weighted by molar-refractivity contribution is 6.32. The molecule has 0 atom stereocenters. The van der Waals surface area contributed by atoms with E-state index in [1.807, 2.05) is 0 Å². The molecule has 0 aromatic heterocycles. The Labute approximate surface area is 131 Å². The van der Waals surface area contributed by atoms with Gasteiger partial charge in [-0.2, -0.15) is 0 Å². The first-order chi connectivity index (χ1) is 10.5. The Morgan fingerprint density at radius 2 is 1.91 bits per heavy atom. The van der Waals surface area contributed by atoms with Gasteiger partial charge in [-0.25, -0.2) is 8.78 Å². The number of halogens is 3. The highest BCUT2D eigenvalue weighted by atomic mass is 35.5. The van der Waals surface area contributed by atoms with Crippen molar-refractivity contribution in [2.45, 2.75) is 6.42 Å². The van der Waals surface area contributed by atoms with Gasteiger partial charge in [0.15, 0.2) is 6.61 Å². The van der Waals surface area contributed by atoms with Crippen molar-refractivity contribution in [1.29, 1.82) is 0 Å². The van der Waals surface area contributed by atoms with Gasteiger partial charge in [-0.3, -0.25) is 4.79 Å². The van der Waals surface area contributed by atoms with Gasteiger partial charge < -0.3 is 10.1 Å². The second-order valence-corrected chi connectivity index (χ2v) is 5.00. The monoisotopic (exact) mass is 325 g/mol. The average Bonchev–Trinajstić information content (AvgIpc) is 2.46. The Kier molecular flexibility index (Phi) is 5.72. The average molecular weight is 326 g/mol. The quantitative estimate of drug-likeness (QED) is 0.884. The van der Waals surface area contributed by atoms with Gasteiger partial charge in [0.2, 0.25) is 0 Å². The van der Waals surface area contributed by atoms with E-state index in [9.17, 15) is 13.6 Å². The Morgan fingerprint density at radius 3 is 2.64 bits per heavy atom. The van der Waals surface area contributed by atoms with Crippen LogP contribution in [0.5, 0.6) is 5.75 Å². The van der Waals surface area contributed by atoms with E-state index in [1.54, 1.807) is 12.1 Å². The minimum absolute atomic E-state index is 0.104. The molecule has 2 rings (SSSR count). The van der Waals surface area contributed by atoms with E-state index in [4.69, 9.17) is 16.3 Å². The molecule has 2 aromatic carbocycles. The summed E-state index contributed by atoms with van der Waals surface area (Å²) in [5, 5.41) is 2.75. The molecule has 1 N–H and O–H groups in total. The first-order valence-electron chi connectivity index (χ1n) is 6.63. The fourth-order valence-corrected chi connectivity index (χ4v) is 2.05. The van der Waals surface area contributed by atoms with Crippen molar-refractivity contribution < 1.29 is 18.3 Å². The zero-order valence-corrected chi connectivity index (χ0v) is 12.4. The molecule has 1 amide bonds. The first kappa shape index (κ1) is 16.2. The topological polar surface area (TPSA) is 38.3 Å². The summed E-state index contributed by atoms with van der Waals surface area (Å²) >= 11 is 5.78. The standard InChI is InChI=1S/C16H14ClF2NO2/c17-14-9-13(19)4-5-15(14)22-10-16(21)20-7-6-11-2-1-3-12(18)8-11/h1-5,8-9H,6-7,10H2,(H,20,21). The molecule has 2 aromatic rings. The third-order valence-corrected chi connectivity index (χ3v) is 3.17. The van der Waals surface area contributed by atoms with Gasteiger partial charge in [-0.1, -0.05) is 23.7 Å². The van der Waals surface area contributed by atoms with Crippen molar-refractivity contribution in [2.75, 3.05) is 13.2 Å². The maximum atomic E-state index is 13.0. The number of nitrogens with one attached hydrogen (secondary N) is 1. The van der Waals surface area contributed by atoms with Gasteiger partial charge in [0, 0.05) is 6.54 Å². The van der Waals surface area contributed by atoms with Crippen molar-refractivity contribution >= 4 is 17.5 Å². The fraction of sp³-hybridized carbons (Fsp3) is 0.188. The van der Waals surface area contributed by atoms with Crippen LogP contribution >= 0.6 is 11.6 Å². The number of ether oxygens (including phenoxy) is 1. The second kappa shape index (κ2) is 7.75. The van der Waals surface area contributed by atoms with E-state index in [0.29, 0.717) is 13.0 Å². The Bertz CT molecular complexity index is 664. The summed E-state index contributed by atoms with van der Waals surface area (Å²) in [6, 6.07) is 9.85. The Morgan fingerprint density at radius 1 is 1.14 bits per heavy atom. The van der Waals surface area contributed by atoms with Crippen LogP contribution in [-0.2, 0) is 11.2 Å². The third-order valence-electron chi connectivity index (χ3n) is 2.88. The molecule has 116 valence electrons. The van der Waals surface area contributed by atoms with Crippen LogP contribution in [0.2, 0.25) is 5.02 Å². The number of carbonyl (C=O) groups excluding carboxylic acids is 1. The molecule has 22 heavy (non-hydrogen) atoms. The highest BCUT2D eigenvalue weighted by Gasteiger charge is 2.06. The van der Waals surface area contributed by atoms with E-state index in [1.165, 1.54) is 24.3 Å². The van der Waals surface area contributed by atoms with Crippen molar-refractivity contribution in [3.05, 3.63) is 64.7 Å². The number of amides is 1. The van der Waals surface area contributed by atoms with Crippen LogP contribution in [0.25, 0.3) is 0 Å². The lowest BCUT2D eigenvalue weighted by Gasteiger charge is -2.09. The Balaban J connectivity index is 1.74. The summed E-state index contributed by atoms with van der Waals surface area (Å²) in [6.45, 7) is 0.136. The molecule has 0 bridgehead atoms. The zero-order valence-electron chi connectivity index (χ0n) is 11.6. The number of carbonyl (C=O) groups is 1.